The maximum absolute atomic E-state index is 11.8. The van der Waals surface area contributed by atoms with E-state index in [-0.39, 0.29) is 10.7 Å². The van der Waals surface area contributed by atoms with Crippen LogP contribution in [0.2, 0.25) is 0 Å². The van der Waals surface area contributed by atoms with E-state index < -0.39 is 5.60 Å². The van der Waals surface area contributed by atoms with Crippen LogP contribution >= 0.6 is 15.9 Å². The van der Waals surface area contributed by atoms with Crippen molar-refractivity contribution in [3.05, 3.63) is 0 Å². The summed E-state index contributed by atoms with van der Waals surface area (Å²) >= 11 is 3.34. The number of carbonyl (C=O) groups excluding carboxylic acids is 1. The van der Waals surface area contributed by atoms with Crippen LogP contribution in [0, 0.1) is 0 Å². The van der Waals surface area contributed by atoms with E-state index in [9.17, 15) is 9.90 Å². The van der Waals surface area contributed by atoms with Crippen molar-refractivity contribution in [3.63, 3.8) is 0 Å². The third-order valence-corrected chi connectivity index (χ3v) is 3.65. The van der Waals surface area contributed by atoms with Gasteiger partial charge in [-0.2, -0.15) is 0 Å². The quantitative estimate of drug-likeness (QED) is 0.768. The molecule has 1 rings (SSSR count). The van der Waals surface area contributed by atoms with E-state index in [0.29, 0.717) is 6.54 Å². The maximum atomic E-state index is 11.8. The number of likely N-dealkylation sites (tertiary alicyclic amines) is 1. The third-order valence-electron chi connectivity index (χ3n) is 2.61. The van der Waals surface area contributed by atoms with Crippen molar-refractivity contribution in [2.45, 2.75) is 43.5 Å². The van der Waals surface area contributed by atoms with Crippen LogP contribution in [-0.4, -0.2) is 39.4 Å². The number of β-amino-alcohol motifs (C(OH)–C–C–N with tert-alkyl or cyclic N) is 1. The summed E-state index contributed by atoms with van der Waals surface area (Å²) in [5.74, 6) is 0.104. The van der Waals surface area contributed by atoms with Gasteiger partial charge in [-0.05, 0) is 26.2 Å². The molecular formula is C10H18BrNO2. The molecule has 0 aromatic carbocycles. The van der Waals surface area contributed by atoms with Crippen LogP contribution in [0.5, 0.6) is 0 Å². The number of halogens is 1. The largest absolute Gasteiger partial charge is 0.388 e. The van der Waals surface area contributed by atoms with Crippen LogP contribution in [0.1, 0.15) is 33.1 Å². The number of hydrogen-bond donors (Lipinski definition) is 1. The molecule has 0 spiro atoms. The highest BCUT2D eigenvalue weighted by molar-refractivity contribution is 9.10. The van der Waals surface area contributed by atoms with Gasteiger partial charge in [-0.1, -0.05) is 22.9 Å². The van der Waals surface area contributed by atoms with Crippen molar-refractivity contribution >= 4 is 21.8 Å². The minimum Gasteiger partial charge on any atom is -0.388 e. The Morgan fingerprint density at radius 3 is 2.86 bits per heavy atom. The summed E-state index contributed by atoms with van der Waals surface area (Å²) in [4.78, 5) is 13.4. The normalized spacial score (nSPS) is 30.1. The van der Waals surface area contributed by atoms with E-state index in [1.54, 1.807) is 11.8 Å². The molecule has 1 N–H and O–H groups in total. The maximum Gasteiger partial charge on any atom is 0.236 e. The second-order valence-electron chi connectivity index (χ2n) is 4.24. The predicted octanol–water partition coefficient (Wildman–Crippen LogP) is 1.53. The lowest BCUT2D eigenvalue weighted by atomic mass is 9.95. The second-order valence-corrected chi connectivity index (χ2v) is 5.34. The lowest BCUT2D eigenvalue weighted by Crippen LogP contribution is -2.50. The monoisotopic (exact) mass is 263 g/mol. The zero-order valence-corrected chi connectivity index (χ0v) is 10.4. The Morgan fingerprint density at radius 1 is 1.71 bits per heavy atom. The number of nitrogens with zero attached hydrogens (tertiary/aromatic N) is 1. The summed E-state index contributed by atoms with van der Waals surface area (Å²) in [6.45, 7) is 5.01. The highest BCUT2D eigenvalue weighted by Crippen LogP contribution is 2.22. The Bertz CT molecular complexity index is 218. The van der Waals surface area contributed by atoms with E-state index in [1.165, 1.54) is 0 Å². The number of piperidine rings is 1. The van der Waals surface area contributed by atoms with Gasteiger partial charge in [-0.25, -0.2) is 0 Å². The molecule has 0 aromatic rings. The number of carbonyl (C=O) groups is 1. The minimum atomic E-state index is -0.700. The molecule has 1 fully saturated rings. The Balaban J connectivity index is 2.56. The molecular weight excluding hydrogens is 246 g/mol. The lowest BCUT2D eigenvalue weighted by molar-refractivity contribution is -0.136. The number of amides is 1. The standard InChI is InChI=1S/C10H18BrNO2/c1-3-8(11)9(13)12-6-4-5-10(2,14)7-12/h8,14H,3-7H2,1-2H3. The van der Waals surface area contributed by atoms with Crippen molar-refractivity contribution in [1.29, 1.82) is 0 Å². The lowest BCUT2D eigenvalue weighted by Gasteiger charge is -2.37. The van der Waals surface area contributed by atoms with E-state index in [2.05, 4.69) is 15.9 Å². The summed E-state index contributed by atoms with van der Waals surface area (Å²) in [7, 11) is 0. The second kappa shape index (κ2) is 4.62. The molecule has 1 heterocycles. The smallest absolute Gasteiger partial charge is 0.236 e. The van der Waals surface area contributed by atoms with Crippen LogP contribution < -0.4 is 0 Å². The van der Waals surface area contributed by atoms with Gasteiger partial charge in [0.2, 0.25) is 5.91 Å². The number of rotatable bonds is 2. The van der Waals surface area contributed by atoms with Gasteiger partial charge >= 0.3 is 0 Å². The SMILES string of the molecule is CCC(Br)C(=O)N1CCCC(C)(O)C1. The van der Waals surface area contributed by atoms with Crippen molar-refractivity contribution in [2.75, 3.05) is 13.1 Å². The molecule has 1 aliphatic heterocycles. The molecule has 0 radical (unpaired) electrons. The fourth-order valence-corrected chi connectivity index (χ4v) is 2.07. The highest BCUT2D eigenvalue weighted by atomic mass is 79.9. The average molecular weight is 264 g/mol. The zero-order chi connectivity index (χ0) is 10.8. The summed E-state index contributed by atoms with van der Waals surface area (Å²) in [6.07, 6.45) is 2.47. The molecule has 2 atom stereocenters. The topological polar surface area (TPSA) is 40.5 Å². The first kappa shape index (κ1) is 12.0. The van der Waals surface area contributed by atoms with Gasteiger partial charge in [0.05, 0.1) is 10.4 Å². The molecule has 2 unspecified atom stereocenters. The molecule has 0 aromatic heterocycles. The average Bonchev–Trinajstić information content (AvgIpc) is 2.14. The van der Waals surface area contributed by atoms with Gasteiger partial charge in [0.1, 0.15) is 0 Å². The molecule has 0 bridgehead atoms. The molecule has 0 aliphatic carbocycles. The van der Waals surface area contributed by atoms with Crippen LogP contribution in [0.4, 0.5) is 0 Å². The van der Waals surface area contributed by atoms with E-state index >= 15 is 0 Å². The molecule has 3 nitrogen and oxygen atoms in total. The predicted molar refractivity (Wildman–Crippen MR) is 59.4 cm³/mol. The zero-order valence-electron chi connectivity index (χ0n) is 8.79. The third kappa shape index (κ3) is 2.95. The minimum absolute atomic E-state index is 0.101. The number of aliphatic hydroxyl groups is 1. The van der Waals surface area contributed by atoms with Gasteiger partial charge in [0, 0.05) is 13.1 Å². The van der Waals surface area contributed by atoms with Gasteiger partial charge < -0.3 is 10.0 Å². The molecule has 0 saturated carbocycles. The van der Waals surface area contributed by atoms with Crippen LogP contribution in [0.25, 0.3) is 0 Å². The highest BCUT2D eigenvalue weighted by Gasteiger charge is 2.32. The summed E-state index contributed by atoms with van der Waals surface area (Å²) in [5.41, 5.74) is -0.700. The van der Waals surface area contributed by atoms with Crippen LogP contribution in [-0.2, 0) is 4.79 Å². The molecule has 1 amide bonds. The van der Waals surface area contributed by atoms with E-state index in [0.717, 1.165) is 25.8 Å². The molecule has 4 heteroatoms. The molecule has 1 aliphatic rings. The van der Waals surface area contributed by atoms with E-state index in [4.69, 9.17) is 0 Å². The molecule has 82 valence electrons. The fraction of sp³-hybridized carbons (Fsp3) is 0.900. The molecule has 14 heavy (non-hydrogen) atoms. The summed E-state index contributed by atoms with van der Waals surface area (Å²) in [5, 5.41) is 9.84. The Labute approximate surface area is 93.6 Å². The first-order valence-corrected chi connectivity index (χ1v) is 6.03. The van der Waals surface area contributed by atoms with Gasteiger partial charge in [0.25, 0.3) is 0 Å². The number of hydrogen-bond acceptors (Lipinski definition) is 2. The first-order valence-electron chi connectivity index (χ1n) is 5.11. The first-order chi connectivity index (χ1) is 6.46. The van der Waals surface area contributed by atoms with Crippen molar-refractivity contribution in [2.24, 2.45) is 0 Å². The van der Waals surface area contributed by atoms with E-state index in [1.807, 2.05) is 6.92 Å². The fourth-order valence-electron chi connectivity index (χ4n) is 1.78. The Morgan fingerprint density at radius 2 is 2.36 bits per heavy atom. The molecule has 1 saturated heterocycles. The van der Waals surface area contributed by atoms with Gasteiger partial charge in [-0.15, -0.1) is 0 Å². The summed E-state index contributed by atoms with van der Waals surface area (Å²) in [6, 6.07) is 0. The van der Waals surface area contributed by atoms with Crippen molar-refractivity contribution in [1.82, 2.24) is 4.90 Å². The van der Waals surface area contributed by atoms with Crippen LogP contribution in [0.15, 0.2) is 0 Å². The van der Waals surface area contributed by atoms with Gasteiger partial charge in [-0.3, -0.25) is 4.79 Å². The van der Waals surface area contributed by atoms with Crippen molar-refractivity contribution < 1.29 is 9.90 Å². The van der Waals surface area contributed by atoms with Gasteiger partial charge in [0.15, 0.2) is 0 Å². The Kier molecular flexibility index (Phi) is 3.95. The van der Waals surface area contributed by atoms with Crippen molar-refractivity contribution in [3.8, 4) is 0 Å². The Hall–Kier alpha value is -0.0900. The number of alkyl halides is 1. The van der Waals surface area contributed by atoms with Crippen LogP contribution in [0.3, 0.4) is 0 Å². The summed E-state index contributed by atoms with van der Waals surface area (Å²) < 4.78 is 0.